The van der Waals surface area contributed by atoms with Gasteiger partial charge >= 0.3 is 0 Å². The van der Waals surface area contributed by atoms with E-state index >= 15 is 0 Å². The van der Waals surface area contributed by atoms with Crippen LogP contribution < -0.4 is 10.6 Å². The molecule has 0 bridgehead atoms. The first-order valence-corrected chi connectivity index (χ1v) is 6.27. The molecule has 2 amide bonds. The molecule has 0 unspecified atom stereocenters. The molecule has 0 atom stereocenters. The molecule has 98 valence electrons. The summed E-state index contributed by atoms with van der Waals surface area (Å²) in [5.74, 6) is -0.298. The highest BCUT2D eigenvalue weighted by molar-refractivity contribution is 6.30. The van der Waals surface area contributed by atoms with Crippen molar-refractivity contribution in [2.24, 2.45) is 0 Å². The number of halogens is 1. The summed E-state index contributed by atoms with van der Waals surface area (Å²) in [5.41, 5.74) is 0.965. The van der Waals surface area contributed by atoms with E-state index < -0.39 is 0 Å². The minimum absolute atomic E-state index is 0.0203. The molecule has 0 aliphatic rings. The van der Waals surface area contributed by atoms with E-state index in [2.05, 4.69) is 10.6 Å². The maximum absolute atomic E-state index is 11.4. The Labute approximate surface area is 112 Å². The van der Waals surface area contributed by atoms with Gasteiger partial charge in [0.25, 0.3) is 0 Å². The summed E-state index contributed by atoms with van der Waals surface area (Å²) in [5, 5.41) is 5.94. The zero-order valence-corrected chi connectivity index (χ0v) is 11.1. The Hall–Kier alpha value is -1.55. The molecule has 2 N–H and O–H groups in total. The van der Waals surface area contributed by atoms with Crippen LogP contribution in [0.4, 0.5) is 0 Å². The van der Waals surface area contributed by atoms with Gasteiger partial charge in [-0.15, -0.1) is 0 Å². The zero-order chi connectivity index (χ0) is 13.4. The fraction of sp³-hybridized carbons (Fsp3) is 0.385. The monoisotopic (exact) mass is 268 g/mol. The molecule has 0 aromatic heterocycles. The van der Waals surface area contributed by atoms with Crippen molar-refractivity contribution in [3.8, 4) is 0 Å². The lowest BCUT2D eigenvalue weighted by Gasteiger charge is -2.06. The number of benzene rings is 1. The van der Waals surface area contributed by atoms with Crippen LogP contribution in [0.25, 0.3) is 0 Å². The van der Waals surface area contributed by atoms with Gasteiger partial charge in [-0.25, -0.2) is 0 Å². The maximum atomic E-state index is 11.4. The number of carbonyl (C=O) groups is 2. The van der Waals surface area contributed by atoms with Crippen molar-refractivity contribution < 1.29 is 9.59 Å². The Balaban J connectivity index is 2.24. The predicted molar refractivity (Wildman–Crippen MR) is 71.2 cm³/mol. The molecular weight excluding hydrogens is 252 g/mol. The van der Waals surface area contributed by atoms with Crippen LogP contribution in [-0.4, -0.2) is 18.4 Å². The van der Waals surface area contributed by atoms with Crippen LogP contribution in [-0.2, 0) is 16.1 Å². The van der Waals surface area contributed by atoms with Gasteiger partial charge in [0.15, 0.2) is 0 Å². The number of nitrogens with one attached hydrogen (secondary N) is 2. The van der Waals surface area contributed by atoms with Crippen LogP contribution in [0, 0.1) is 0 Å². The molecule has 0 fully saturated rings. The summed E-state index contributed by atoms with van der Waals surface area (Å²) < 4.78 is 0. The molecule has 5 heteroatoms. The first kappa shape index (κ1) is 14.5. The molecule has 0 heterocycles. The smallest absolute Gasteiger partial charge is 0.239 e. The number of hydrogen-bond donors (Lipinski definition) is 2. The van der Waals surface area contributed by atoms with Crippen LogP contribution >= 0.6 is 11.6 Å². The van der Waals surface area contributed by atoms with Gasteiger partial charge in [0, 0.05) is 18.0 Å². The Kier molecular flexibility index (Phi) is 6.22. The van der Waals surface area contributed by atoms with Crippen molar-refractivity contribution in [3.05, 3.63) is 34.9 Å². The van der Waals surface area contributed by atoms with Gasteiger partial charge in [0.1, 0.15) is 0 Å². The highest BCUT2D eigenvalue weighted by Gasteiger charge is 2.04. The quantitative estimate of drug-likeness (QED) is 0.828. The third-order valence-electron chi connectivity index (χ3n) is 2.33. The van der Waals surface area contributed by atoms with E-state index in [9.17, 15) is 9.59 Å². The van der Waals surface area contributed by atoms with Crippen LogP contribution in [0.1, 0.15) is 25.3 Å². The van der Waals surface area contributed by atoms with Gasteiger partial charge in [0.2, 0.25) is 11.8 Å². The van der Waals surface area contributed by atoms with E-state index in [0.717, 1.165) is 12.0 Å². The van der Waals surface area contributed by atoms with E-state index in [1.54, 1.807) is 12.1 Å². The van der Waals surface area contributed by atoms with Crippen molar-refractivity contribution in [1.29, 1.82) is 0 Å². The van der Waals surface area contributed by atoms with Crippen LogP contribution in [0.3, 0.4) is 0 Å². The van der Waals surface area contributed by atoms with Gasteiger partial charge in [0.05, 0.1) is 6.54 Å². The number of rotatable bonds is 6. The standard InChI is InChI=1S/C13H17ClN2O2/c1-2-3-12(17)16-9-13(18)15-8-10-4-6-11(14)7-5-10/h4-7H,2-3,8-9H2,1H3,(H,15,18)(H,16,17). The number of carbonyl (C=O) groups excluding carboxylic acids is 2. The van der Waals surface area contributed by atoms with Crippen molar-refractivity contribution in [2.45, 2.75) is 26.3 Å². The lowest BCUT2D eigenvalue weighted by molar-refractivity contribution is -0.126. The van der Waals surface area contributed by atoms with Crippen molar-refractivity contribution in [2.75, 3.05) is 6.54 Å². The molecule has 18 heavy (non-hydrogen) atoms. The van der Waals surface area contributed by atoms with E-state index in [-0.39, 0.29) is 18.4 Å². The Bertz CT molecular complexity index is 404. The second kappa shape index (κ2) is 7.71. The highest BCUT2D eigenvalue weighted by Crippen LogP contribution is 2.08. The molecule has 1 aromatic rings. The van der Waals surface area contributed by atoms with Crippen molar-refractivity contribution in [1.82, 2.24) is 10.6 Å². The molecule has 0 saturated carbocycles. The van der Waals surface area contributed by atoms with Gasteiger partial charge in [-0.05, 0) is 24.1 Å². The second-order valence-corrected chi connectivity index (χ2v) is 4.37. The normalized spacial score (nSPS) is 9.89. The third kappa shape index (κ3) is 5.68. The van der Waals surface area contributed by atoms with Gasteiger partial charge in [-0.1, -0.05) is 30.7 Å². The molecule has 0 radical (unpaired) electrons. The molecule has 0 saturated heterocycles. The molecule has 0 aliphatic heterocycles. The fourth-order valence-corrected chi connectivity index (χ4v) is 1.49. The van der Waals surface area contributed by atoms with Gasteiger partial charge in [-0.2, -0.15) is 0 Å². The molecular formula is C13H17ClN2O2. The Morgan fingerprint density at radius 3 is 2.39 bits per heavy atom. The fourth-order valence-electron chi connectivity index (χ4n) is 1.36. The SMILES string of the molecule is CCCC(=O)NCC(=O)NCc1ccc(Cl)cc1. The Morgan fingerprint density at radius 2 is 1.78 bits per heavy atom. The molecule has 0 spiro atoms. The van der Waals surface area contributed by atoms with E-state index in [0.29, 0.717) is 18.0 Å². The lowest BCUT2D eigenvalue weighted by Crippen LogP contribution is -2.36. The van der Waals surface area contributed by atoms with E-state index in [1.165, 1.54) is 0 Å². The van der Waals surface area contributed by atoms with E-state index in [1.807, 2.05) is 19.1 Å². The summed E-state index contributed by atoms with van der Waals surface area (Å²) in [6.45, 7) is 2.37. The summed E-state index contributed by atoms with van der Waals surface area (Å²) in [6.07, 6.45) is 1.22. The summed E-state index contributed by atoms with van der Waals surface area (Å²) in [4.78, 5) is 22.6. The topological polar surface area (TPSA) is 58.2 Å². The highest BCUT2D eigenvalue weighted by atomic mass is 35.5. The minimum Gasteiger partial charge on any atom is -0.350 e. The summed E-state index contributed by atoms with van der Waals surface area (Å²) in [7, 11) is 0. The van der Waals surface area contributed by atoms with Crippen molar-refractivity contribution >= 4 is 23.4 Å². The van der Waals surface area contributed by atoms with Crippen LogP contribution in [0.2, 0.25) is 5.02 Å². The van der Waals surface area contributed by atoms with Gasteiger partial charge in [-0.3, -0.25) is 9.59 Å². The third-order valence-corrected chi connectivity index (χ3v) is 2.58. The summed E-state index contributed by atoms with van der Waals surface area (Å²) in [6, 6.07) is 7.23. The first-order chi connectivity index (χ1) is 8.61. The van der Waals surface area contributed by atoms with E-state index in [4.69, 9.17) is 11.6 Å². The largest absolute Gasteiger partial charge is 0.350 e. The lowest BCUT2D eigenvalue weighted by atomic mass is 10.2. The molecule has 4 nitrogen and oxygen atoms in total. The second-order valence-electron chi connectivity index (χ2n) is 3.93. The zero-order valence-electron chi connectivity index (χ0n) is 10.3. The molecule has 0 aliphatic carbocycles. The number of amides is 2. The average Bonchev–Trinajstić information content (AvgIpc) is 2.36. The van der Waals surface area contributed by atoms with Crippen molar-refractivity contribution in [3.63, 3.8) is 0 Å². The van der Waals surface area contributed by atoms with Crippen LogP contribution in [0.5, 0.6) is 0 Å². The van der Waals surface area contributed by atoms with Gasteiger partial charge < -0.3 is 10.6 Å². The maximum Gasteiger partial charge on any atom is 0.239 e. The molecule has 1 rings (SSSR count). The molecule has 1 aromatic carbocycles. The number of hydrogen-bond acceptors (Lipinski definition) is 2. The average molecular weight is 269 g/mol. The minimum atomic E-state index is -0.200. The van der Waals surface area contributed by atoms with Crippen LogP contribution in [0.15, 0.2) is 24.3 Å². The summed E-state index contributed by atoms with van der Waals surface area (Å²) >= 11 is 5.75. The Morgan fingerprint density at radius 1 is 1.11 bits per heavy atom. The predicted octanol–water partition coefficient (Wildman–Crippen LogP) is 1.87. The first-order valence-electron chi connectivity index (χ1n) is 5.89.